The Morgan fingerprint density at radius 1 is 1.00 bits per heavy atom. The van der Waals surface area contributed by atoms with E-state index in [4.69, 9.17) is 9.84 Å². The molecule has 7 heterocycles. The van der Waals surface area contributed by atoms with Crippen molar-refractivity contribution in [2.24, 2.45) is 7.05 Å². The third kappa shape index (κ3) is 8.67. The minimum atomic E-state index is -1.24. The van der Waals surface area contributed by atoms with Crippen molar-refractivity contribution in [1.29, 1.82) is 5.26 Å². The van der Waals surface area contributed by atoms with Gasteiger partial charge in [0.15, 0.2) is 0 Å². The van der Waals surface area contributed by atoms with Gasteiger partial charge in [0.25, 0.3) is 11.7 Å². The number of benzene rings is 1. The number of hydrogen-bond donors (Lipinski definition) is 3. The van der Waals surface area contributed by atoms with Gasteiger partial charge in [0.1, 0.15) is 11.8 Å². The Morgan fingerprint density at radius 2 is 1.78 bits per heavy atom. The second kappa shape index (κ2) is 17.4. The average molecular weight is 857 g/mol. The molecule has 330 valence electrons. The molecule has 4 aliphatic rings. The van der Waals surface area contributed by atoms with Crippen molar-refractivity contribution >= 4 is 45.6 Å². The molecule has 3 saturated heterocycles. The van der Waals surface area contributed by atoms with Crippen LogP contribution in [0.25, 0.3) is 16.4 Å². The second-order valence-corrected chi connectivity index (χ2v) is 18.4. The molecule has 4 fully saturated rings. The van der Waals surface area contributed by atoms with E-state index < -0.39 is 5.60 Å². The molecule has 1 saturated carbocycles. The molecule has 0 radical (unpaired) electrons. The summed E-state index contributed by atoms with van der Waals surface area (Å²) in [7, 11) is 3.86. The number of carbonyl (C=O) groups is 3. The maximum absolute atomic E-state index is 13.6. The van der Waals surface area contributed by atoms with Crippen LogP contribution in [0.2, 0.25) is 0 Å². The number of piperidine rings is 2. The molecule has 16 nitrogen and oxygen atoms in total. The lowest BCUT2D eigenvalue weighted by molar-refractivity contribution is -0.659. The van der Waals surface area contributed by atoms with Gasteiger partial charge < -0.3 is 15.2 Å². The Morgan fingerprint density at radius 3 is 2.49 bits per heavy atom. The zero-order chi connectivity index (χ0) is 44.0. The Hall–Kier alpha value is -5.73. The molecule has 3 aliphatic heterocycles. The molecular weight excluding hydrogens is 799 g/mol. The third-order valence-electron chi connectivity index (χ3n) is 13.9. The lowest BCUT2D eigenvalue weighted by atomic mass is 9.88. The molecule has 63 heavy (non-hydrogen) atoms. The van der Waals surface area contributed by atoms with Crippen LogP contribution in [0.5, 0.6) is 0 Å². The van der Waals surface area contributed by atoms with E-state index >= 15 is 0 Å². The van der Waals surface area contributed by atoms with Crippen LogP contribution in [0, 0.1) is 11.3 Å². The fraction of sp³-hybridized carbons (Fsp3) is 0.511. The lowest BCUT2D eigenvalue weighted by Crippen LogP contribution is -2.61. The number of nitriles is 1. The SMILES string of the molecule is COC[C@H]1CN(C2CCN(c3ccc(C4CCC(=O)NC4=O)c[n+]3C)CC2)CCN1C1CCC(n2cc3cc(NC(=O)c4ccc5cc(C#N)cnn45)c(C(C)(C)O)cc3n2)CC1. The Balaban J connectivity index is 0.810. The Labute approximate surface area is 367 Å². The molecule has 2 atom stereocenters. The molecule has 3 amide bonds. The van der Waals surface area contributed by atoms with Gasteiger partial charge in [0.05, 0.1) is 73.3 Å². The van der Waals surface area contributed by atoms with Crippen LogP contribution >= 0.6 is 0 Å². The summed E-state index contributed by atoms with van der Waals surface area (Å²) < 4.78 is 11.6. The van der Waals surface area contributed by atoms with Crippen molar-refractivity contribution in [3.05, 3.63) is 83.4 Å². The smallest absolute Gasteiger partial charge is 0.276 e. The molecule has 9 rings (SSSR count). The van der Waals surface area contributed by atoms with Gasteiger partial charge in [-0.1, -0.05) is 0 Å². The molecule has 16 heteroatoms. The number of ether oxygens (including phenoxy) is 1. The predicted molar refractivity (Wildman–Crippen MR) is 236 cm³/mol. The average Bonchev–Trinajstić information content (AvgIpc) is 3.90. The van der Waals surface area contributed by atoms with Crippen LogP contribution in [-0.4, -0.2) is 117 Å². The molecule has 0 bridgehead atoms. The molecule has 1 aliphatic carbocycles. The van der Waals surface area contributed by atoms with Gasteiger partial charge in [-0.05, 0) is 82.3 Å². The van der Waals surface area contributed by atoms with Crippen LogP contribution in [0.1, 0.15) is 104 Å². The summed E-state index contributed by atoms with van der Waals surface area (Å²) in [5, 5.41) is 36.2. The van der Waals surface area contributed by atoms with E-state index in [0.717, 1.165) is 93.5 Å². The van der Waals surface area contributed by atoms with E-state index in [-0.39, 0.29) is 29.7 Å². The van der Waals surface area contributed by atoms with Crippen LogP contribution in [-0.2, 0) is 27.0 Å². The van der Waals surface area contributed by atoms with Crippen molar-refractivity contribution in [2.45, 2.75) is 101 Å². The quantitative estimate of drug-likeness (QED) is 0.136. The van der Waals surface area contributed by atoms with Gasteiger partial charge in [0, 0.05) is 98.6 Å². The van der Waals surface area contributed by atoms with Crippen LogP contribution in [0.3, 0.4) is 0 Å². The van der Waals surface area contributed by atoms with Gasteiger partial charge >= 0.3 is 0 Å². The van der Waals surface area contributed by atoms with E-state index in [0.29, 0.717) is 65.6 Å². The number of rotatable bonds is 10. The van der Waals surface area contributed by atoms with E-state index in [1.807, 2.05) is 38.6 Å². The minimum Gasteiger partial charge on any atom is -0.386 e. The number of aliphatic hydroxyl groups is 1. The number of fused-ring (bicyclic) bond motifs is 2. The van der Waals surface area contributed by atoms with E-state index in [2.05, 4.69) is 58.0 Å². The highest BCUT2D eigenvalue weighted by molar-refractivity contribution is 6.05. The first-order valence-electron chi connectivity index (χ1n) is 22.4. The minimum absolute atomic E-state index is 0.190. The monoisotopic (exact) mass is 856 g/mol. The zero-order valence-corrected chi connectivity index (χ0v) is 36.7. The molecule has 4 aromatic heterocycles. The Bertz CT molecular complexity index is 2570. The first-order valence-corrected chi connectivity index (χ1v) is 22.4. The van der Waals surface area contributed by atoms with Gasteiger partial charge in [0.2, 0.25) is 11.8 Å². The van der Waals surface area contributed by atoms with Crippen molar-refractivity contribution < 1.29 is 28.8 Å². The number of piperazine rings is 1. The van der Waals surface area contributed by atoms with Gasteiger partial charge in [-0.15, -0.1) is 0 Å². The summed E-state index contributed by atoms with van der Waals surface area (Å²) in [5.41, 5.74) is 2.93. The van der Waals surface area contributed by atoms with E-state index in [1.54, 1.807) is 32.0 Å². The highest BCUT2D eigenvalue weighted by Crippen LogP contribution is 2.37. The second-order valence-electron chi connectivity index (χ2n) is 18.4. The summed E-state index contributed by atoms with van der Waals surface area (Å²) in [6.45, 7) is 9.13. The molecule has 1 aromatic carbocycles. The number of anilines is 2. The highest BCUT2D eigenvalue weighted by Gasteiger charge is 2.39. The number of methoxy groups -OCH3 is 1. The third-order valence-corrected chi connectivity index (χ3v) is 13.9. The van der Waals surface area contributed by atoms with Crippen molar-refractivity contribution in [3.63, 3.8) is 0 Å². The Kier molecular flexibility index (Phi) is 11.8. The van der Waals surface area contributed by atoms with Gasteiger partial charge in [-0.2, -0.15) is 15.5 Å². The number of imide groups is 1. The number of amides is 3. The lowest BCUT2D eigenvalue weighted by Gasteiger charge is -2.49. The number of pyridine rings is 1. The summed E-state index contributed by atoms with van der Waals surface area (Å²) in [6.07, 6.45) is 12.8. The number of aryl methyl sites for hydroxylation is 1. The first-order chi connectivity index (χ1) is 30.4. The van der Waals surface area contributed by atoms with Crippen LogP contribution in [0.4, 0.5) is 11.5 Å². The summed E-state index contributed by atoms with van der Waals surface area (Å²) >= 11 is 0. The van der Waals surface area contributed by atoms with E-state index in [1.165, 1.54) is 10.7 Å². The van der Waals surface area contributed by atoms with Crippen molar-refractivity contribution in [3.8, 4) is 6.07 Å². The fourth-order valence-corrected chi connectivity index (χ4v) is 10.6. The van der Waals surface area contributed by atoms with E-state index in [9.17, 15) is 24.8 Å². The molecule has 3 N–H and O–H groups in total. The number of nitrogens with zero attached hydrogens (tertiary/aromatic N) is 9. The van der Waals surface area contributed by atoms with Crippen LogP contribution < -0.4 is 20.1 Å². The summed E-state index contributed by atoms with van der Waals surface area (Å²) in [6, 6.07) is 16.7. The largest absolute Gasteiger partial charge is 0.386 e. The molecule has 0 spiro atoms. The maximum atomic E-state index is 13.6. The first kappa shape index (κ1) is 42.6. The summed E-state index contributed by atoms with van der Waals surface area (Å²) in [4.78, 5) is 45.6. The molecular formula is C47H58N11O5+. The van der Waals surface area contributed by atoms with Gasteiger partial charge in [-0.25, -0.2) is 9.08 Å². The fourth-order valence-electron chi connectivity index (χ4n) is 10.6. The summed E-state index contributed by atoms with van der Waals surface area (Å²) in [5.74, 6) is 0.0982. The predicted octanol–water partition coefficient (Wildman–Crippen LogP) is 4.17. The topological polar surface area (TPSA) is 177 Å². The standard InChI is InChI=1S/C47H57N11O5/c1-47(2,62)39-23-40-32(22-41(39)50-46(61)42-12-10-36-21-30(24-48)25-49-58(36)42)27-57(52-40)35-8-6-34(7-9-35)56-20-19-55(28-37(56)29-63-4)33-15-17-54(18-16-33)44-14-5-31(26-53(44)3)38-11-13-43(59)51-45(38)60/h5,10,12,14,21-23,25-27,33-35,37-38,62H,6-9,11,13,15-20,28-29H2,1-4H3,(H-,50,51,59,60,61)/p+1/t34?,35?,37-,38?/m1/s1. The normalized spacial score (nSPS) is 23.3. The zero-order valence-electron chi connectivity index (χ0n) is 36.7. The highest BCUT2D eigenvalue weighted by atomic mass is 16.5. The van der Waals surface area contributed by atoms with Crippen LogP contribution in [0.15, 0.2) is 61.1 Å². The van der Waals surface area contributed by atoms with Gasteiger partial charge in [-0.3, -0.25) is 39.1 Å². The number of nitrogens with one attached hydrogen (secondary N) is 2. The maximum Gasteiger partial charge on any atom is 0.276 e. The van der Waals surface area contributed by atoms with Crippen molar-refractivity contribution in [1.82, 2.24) is 34.5 Å². The number of carbonyl (C=O) groups excluding carboxylic acids is 3. The molecule has 5 aromatic rings. The van der Waals surface area contributed by atoms with Crippen molar-refractivity contribution in [2.75, 3.05) is 56.7 Å². The molecule has 1 unspecified atom stereocenters. The number of aromatic nitrogens is 5. The number of hydrogen-bond acceptors (Lipinski definition) is 11.